The molecule has 1 amide bonds. The molecule has 39 heavy (non-hydrogen) atoms. The number of ether oxygens (including phenoxy) is 3. The Bertz CT molecular complexity index is 1260. The molecule has 2 aromatic carbocycles. The highest BCUT2D eigenvalue weighted by molar-refractivity contribution is 5.75. The van der Waals surface area contributed by atoms with Crippen molar-refractivity contribution in [2.24, 2.45) is 5.92 Å². The number of carbonyl (C=O) groups excluding carboxylic acids is 2. The predicted molar refractivity (Wildman–Crippen MR) is 148 cm³/mol. The Morgan fingerprint density at radius 1 is 1.10 bits per heavy atom. The van der Waals surface area contributed by atoms with Crippen LogP contribution in [-0.4, -0.2) is 53.9 Å². The van der Waals surface area contributed by atoms with E-state index in [1.807, 2.05) is 82.3 Å². The molecule has 1 aliphatic rings. The summed E-state index contributed by atoms with van der Waals surface area (Å²) in [4.78, 5) is 32.0. The maximum Gasteiger partial charge on any atom is 0.410 e. The molecule has 0 N–H and O–H groups in total. The van der Waals surface area contributed by atoms with Crippen LogP contribution in [0.3, 0.4) is 0 Å². The van der Waals surface area contributed by atoms with Gasteiger partial charge in [0.2, 0.25) is 5.89 Å². The van der Waals surface area contributed by atoms with Gasteiger partial charge in [0.15, 0.2) is 0 Å². The molecule has 8 nitrogen and oxygen atoms in total. The Balaban J connectivity index is 1.45. The van der Waals surface area contributed by atoms with E-state index in [0.29, 0.717) is 50.8 Å². The average molecular weight is 535 g/mol. The molecule has 0 radical (unpaired) electrons. The quantitative estimate of drug-likeness (QED) is 0.319. The van der Waals surface area contributed by atoms with Crippen molar-refractivity contribution in [1.29, 1.82) is 0 Å². The Morgan fingerprint density at radius 3 is 2.59 bits per heavy atom. The second kappa shape index (κ2) is 12.4. The molecule has 208 valence electrons. The monoisotopic (exact) mass is 534 g/mol. The maximum absolute atomic E-state index is 12.8. The van der Waals surface area contributed by atoms with E-state index in [1.165, 1.54) is 0 Å². The minimum atomic E-state index is -0.595. The topological polar surface area (TPSA) is 91.1 Å². The maximum atomic E-state index is 12.8. The van der Waals surface area contributed by atoms with Crippen molar-refractivity contribution in [3.8, 4) is 17.2 Å². The van der Waals surface area contributed by atoms with Crippen LogP contribution in [0.25, 0.3) is 11.5 Å². The first-order chi connectivity index (χ1) is 18.6. The number of oxazole rings is 1. The normalized spacial score (nSPS) is 17.5. The lowest BCUT2D eigenvalue weighted by molar-refractivity contribution is -0.150. The number of piperidine rings is 1. The highest BCUT2D eigenvalue weighted by Crippen LogP contribution is 2.35. The van der Waals surface area contributed by atoms with Crippen molar-refractivity contribution in [2.75, 3.05) is 26.3 Å². The Labute approximate surface area is 230 Å². The number of likely N-dealkylation sites (tertiary alicyclic amines) is 1. The molecule has 2 atom stereocenters. The third-order valence-electron chi connectivity index (χ3n) is 6.66. The third-order valence-corrected chi connectivity index (χ3v) is 6.66. The molecule has 0 spiro atoms. The van der Waals surface area contributed by atoms with Crippen molar-refractivity contribution >= 4 is 12.1 Å². The molecular formula is C31H38N2O6. The molecule has 1 saturated heterocycles. The summed E-state index contributed by atoms with van der Waals surface area (Å²) in [6, 6.07) is 17.5. The molecule has 0 saturated carbocycles. The Morgan fingerprint density at radius 2 is 1.87 bits per heavy atom. The van der Waals surface area contributed by atoms with Crippen LogP contribution in [0.4, 0.5) is 4.79 Å². The SMILES string of the molecule is CCOC(=O)C1CCN(C(=O)OC(C)(C)C)CC1c1cccc(OCCc2nc(-c3ccccc3)oc2C)c1. The minimum Gasteiger partial charge on any atom is -0.493 e. The lowest BCUT2D eigenvalue weighted by atomic mass is 9.80. The summed E-state index contributed by atoms with van der Waals surface area (Å²) in [6.45, 7) is 10.8. The van der Waals surface area contributed by atoms with Gasteiger partial charge in [-0.25, -0.2) is 9.78 Å². The van der Waals surface area contributed by atoms with Gasteiger partial charge in [0, 0.05) is 31.0 Å². The number of nitrogens with zero attached hydrogens (tertiary/aromatic N) is 2. The molecular weight excluding hydrogens is 496 g/mol. The highest BCUT2D eigenvalue weighted by atomic mass is 16.6. The number of carbonyl (C=O) groups is 2. The van der Waals surface area contributed by atoms with E-state index in [-0.39, 0.29) is 23.9 Å². The van der Waals surface area contributed by atoms with Gasteiger partial charge in [-0.1, -0.05) is 30.3 Å². The number of aryl methyl sites for hydroxylation is 1. The molecule has 8 heteroatoms. The molecule has 1 aliphatic heterocycles. The molecule has 1 fully saturated rings. The molecule has 0 aliphatic carbocycles. The van der Waals surface area contributed by atoms with Crippen molar-refractivity contribution < 1.29 is 28.2 Å². The number of amides is 1. The van der Waals surface area contributed by atoms with Crippen LogP contribution in [-0.2, 0) is 20.7 Å². The minimum absolute atomic E-state index is 0.236. The summed E-state index contributed by atoms with van der Waals surface area (Å²) >= 11 is 0. The number of hydrogen-bond donors (Lipinski definition) is 0. The van der Waals surface area contributed by atoms with Gasteiger partial charge in [-0.2, -0.15) is 0 Å². The molecule has 3 aromatic rings. The smallest absolute Gasteiger partial charge is 0.410 e. The Hall–Kier alpha value is -3.81. The van der Waals surface area contributed by atoms with Crippen LogP contribution in [0.15, 0.2) is 59.0 Å². The summed E-state index contributed by atoms with van der Waals surface area (Å²) < 4.78 is 22.9. The van der Waals surface area contributed by atoms with Crippen LogP contribution < -0.4 is 4.74 Å². The van der Waals surface area contributed by atoms with Crippen molar-refractivity contribution in [3.05, 3.63) is 71.6 Å². The first-order valence-electron chi connectivity index (χ1n) is 13.5. The van der Waals surface area contributed by atoms with Crippen molar-refractivity contribution in [1.82, 2.24) is 9.88 Å². The average Bonchev–Trinajstić information content (AvgIpc) is 3.28. The predicted octanol–water partition coefficient (Wildman–Crippen LogP) is 6.18. The fourth-order valence-corrected chi connectivity index (χ4v) is 4.78. The number of esters is 1. The largest absolute Gasteiger partial charge is 0.493 e. The first kappa shape index (κ1) is 28.2. The molecule has 2 unspecified atom stereocenters. The lowest BCUT2D eigenvalue weighted by Gasteiger charge is -2.38. The van der Waals surface area contributed by atoms with Gasteiger partial charge < -0.3 is 23.5 Å². The van der Waals surface area contributed by atoms with Crippen molar-refractivity contribution in [2.45, 2.75) is 59.0 Å². The summed E-state index contributed by atoms with van der Waals surface area (Å²) in [7, 11) is 0. The first-order valence-corrected chi connectivity index (χ1v) is 13.5. The van der Waals surface area contributed by atoms with E-state index in [0.717, 1.165) is 22.6 Å². The number of benzene rings is 2. The fraction of sp³-hybridized carbons (Fsp3) is 0.452. The fourth-order valence-electron chi connectivity index (χ4n) is 4.78. The second-order valence-electron chi connectivity index (χ2n) is 10.7. The zero-order valence-corrected chi connectivity index (χ0v) is 23.4. The van der Waals surface area contributed by atoms with E-state index in [9.17, 15) is 9.59 Å². The summed E-state index contributed by atoms with van der Waals surface area (Å²) in [5.74, 6) is 1.23. The van der Waals surface area contributed by atoms with Gasteiger partial charge in [0.25, 0.3) is 0 Å². The highest BCUT2D eigenvalue weighted by Gasteiger charge is 2.39. The number of hydrogen-bond acceptors (Lipinski definition) is 7. The van der Waals surface area contributed by atoms with Gasteiger partial charge >= 0.3 is 12.1 Å². The summed E-state index contributed by atoms with van der Waals surface area (Å²) in [6.07, 6.45) is 0.719. The number of aromatic nitrogens is 1. The lowest BCUT2D eigenvalue weighted by Crippen LogP contribution is -2.47. The second-order valence-corrected chi connectivity index (χ2v) is 10.7. The third kappa shape index (κ3) is 7.40. The van der Waals surface area contributed by atoms with Crippen LogP contribution in [0, 0.1) is 12.8 Å². The van der Waals surface area contributed by atoms with Gasteiger partial charge in [-0.15, -0.1) is 0 Å². The zero-order chi connectivity index (χ0) is 28.0. The molecule has 2 heterocycles. The van der Waals surface area contributed by atoms with Gasteiger partial charge in [-0.05, 0) is 70.9 Å². The van der Waals surface area contributed by atoms with E-state index in [4.69, 9.17) is 18.6 Å². The van der Waals surface area contributed by atoms with Gasteiger partial charge in [-0.3, -0.25) is 4.79 Å². The van der Waals surface area contributed by atoms with E-state index < -0.39 is 5.60 Å². The van der Waals surface area contributed by atoms with Crippen LogP contribution in [0.5, 0.6) is 5.75 Å². The van der Waals surface area contributed by atoms with Crippen LogP contribution in [0.1, 0.15) is 57.1 Å². The van der Waals surface area contributed by atoms with E-state index in [2.05, 4.69) is 4.98 Å². The van der Waals surface area contributed by atoms with Crippen LogP contribution in [0.2, 0.25) is 0 Å². The van der Waals surface area contributed by atoms with Crippen molar-refractivity contribution in [3.63, 3.8) is 0 Å². The van der Waals surface area contributed by atoms with E-state index in [1.54, 1.807) is 11.8 Å². The molecule has 0 bridgehead atoms. The molecule has 1 aromatic heterocycles. The van der Waals surface area contributed by atoms with Gasteiger partial charge in [0.05, 0.1) is 24.8 Å². The summed E-state index contributed by atoms with van der Waals surface area (Å²) in [5, 5.41) is 0. The standard InChI is InChI=1S/C31H38N2O6/c1-6-36-29(34)25-15-17-33(30(35)39-31(3,4)5)20-26(25)23-13-10-14-24(19-23)37-18-16-27-21(2)38-28(32-27)22-11-8-7-9-12-22/h7-14,19,25-26H,6,15-18,20H2,1-5H3. The number of rotatable bonds is 8. The summed E-state index contributed by atoms with van der Waals surface area (Å²) in [5.41, 5.74) is 2.11. The van der Waals surface area contributed by atoms with E-state index >= 15 is 0 Å². The van der Waals surface area contributed by atoms with Gasteiger partial charge in [0.1, 0.15) is 17.1 Å². The van der Waals surface area contributed by atoms with Crippen LogP contribution >= 0.6 is 0 Å². The Kier molecular flexibility index (Phi) is 8.94. The zero-order valence-electron chi connectivity index (χ0n) is 23.4. The molecule has 4 rings (SSSR count).